The quantitative estimate of drug-likeness (QED) is 0.706. The number of hydrogen-bond acceptors (Lipinski definition) is 2. The van der Waals surface area contributed by atoms with Gasteiger partial charge in [-0.05, 0) is 37.5 Å². The normalized spacial score (nSPS) is 10.1. The Hall–Kier alpha value is -1.31. The summed E-state index contributed by atoms with van der Waals surface area (Å²) in [6, 6.07) is 3.56. The minimum absolute atomic E-state index is 0.0747. The Bertz CT molecular complexity index is 340. The molecule has 1 rings (SSSR count). The lowest BCUT2D eigenvalue weighted by atomic mass is 9.99. The molecule has 0 saturated carbocycles. The Morgan fingerprint density at radius 3 is 2.54 bits per heavy atom. The van der Waals surface area contributed by atoms with Crippen molar-refractivity contribution >= 4 is 5.78 Å². The maximum atomic E-state index is 11.2. The number of carbonyl (C=O) groups is 1. The number of phenols is 1. The summed E-state index contributed by atoms with van der Waals surface area (Å²) in [6.45, 7) is 5.35. The highest BCUT2D eigenvalue weighted by atomic mass is 16.3. The molecule has 0 fully saturated rings. The second-order valence-electron chi connectivity index (χ2n) is 3.23. The topological polar surface area (TPSA) is 37.3 Å². The second kappa shape index (κ2) is 3.60. The van der Waals surface area contributed by atoms with Gasteiger partial charge in [0.05, 0.1) is 5.56 Å². The van der Waals surface area contributed by atoms with Gasteiger partial charge in [0, 0.05) is 0 Å². The lowest BCUT2D eigenvalue weighted by Gasteiger charge is -2.08. The van der Waals surface area contributed by atoms with E-state index in [1.807, 2.05) is 19.9 Å². The van der Waals surface area contributed by atoms with Crippen LogP contribution < -0.4 is 0 Å². The monoisotopic (exact) mass is 178 g/mol. The zero-order valence-electron chi connectivity index (χ0n) is 8.22. The molecule has 0 spiro atoms. The summed E-state index contributed by atoms with van der Waals surface area (Å²) in [5.74, 6) is 0.0266. The largest absolute Gasteiger partial charge is 0.507 e. The van der Waals surface area contributed by atoms with Crippen LogP contribution in [-0.4, -0.2) is 10.9 Å². The highest BCUT2D eigenvalue weighted by molar-refractivity contribution is 5.98. The van der Waals surface area contributed by atoms with Crippen LogP contribution in [0.2, 0.25) is 0 Å². The van der Waals surface area contributed by atoms with Crippen molar-refractivity contribution in [2.75, 3.05) is 0 Å². The van der Waals surface area contributed by atoms with Crippen molar-refractivity contribution in [2.24, 2.45) is 0 Å². The molecule has 0 aliphatic rings. The molecule has 0 unspecified atom stereocenters. The molecule has 13 heavy (non-hydrogen) atoms. The van der Waals surface area contributed by atoms with Gasteiger partial charge in [-0.15, -0.1) is 0 Å². The molecule has 0 bridgehead atoms. The predicted octanol–water partition coefficient (Wildman–Crippen LogP) is 2.47. The molecule has 2 heteroatoms. The Balaban J connectivity index is 3.38. The van der Waals surface area contributed by atoms with Crippen molar-refractivity contribution in [1.82, 2.24) is 0 Å². The summed E-state index contributed by atoms with van der Waals surface area (Å²) in [6.07, 6.45) is 0.768. The van der Waals surface area contributed by atoms with Gasteiger partial charge in [-0.25, -0.2) is 0 Å². The fraction of sp³-hybridized carbons (Fsp3) is 0.364. The maximum absolute atomic E-state index is 11.2. The van der Waals surface area contributed by atoms with Crippen LogP contribution in [0.1, 0.15) is 35.3 Å². The Kier molecular flexibility index (Phi) is 2.71. The molecule has 0 amide bonds. The van der Waals surface area contributed by atoms with Crippen LogP contribution in [0.3, 0.4) is 0 Å². The summed E-state index contributed by atoms with van der Waals surface area (Å²) >= 11 is 0. The highest BCUT2D eigenvalue weighted by Gasteiger charge is 2.11. The van der Waals surface area contributed by atoms with E-state index in [0.717, 1.165) is 17.5 Å². The first kappa shape index (κ1) is 9.78. The smallest absolute Gasteiger partial charge is 0.163 e. The number of hydrogen-bond donors (Lipinski definition) is 1. The number of phenolic OH excluding ortho intramolecular Hbond substituents is 1. The number of ketones is 1. The first-order valence-electron chi connectivity index (χ1n) is 4.39. The van der Waals surface area contributed by atoms with Crippen LogP contribution in [-0.2, 0) is 6.42 Å². The standard InChI is InChI=1S/C11H14O2/c1-4-9-5-7(2)6-10(13)11(9)8(3)12/h5-6,13H,4H2,1-3H3. The van der Waals surface area contributed by atoms with E-state index in [0.29, 0.717) is 5.56 Å². The Labute approximate surface area is 78.2 Å². The molecule has 0 aliphatic heterocycles. The van der Waals surface area contributed by atoms with E-state index in [-0.39, 0.29) is 11.5 Å². The van der Waals surface area contributed by atoms with E-state index in [9.17, 15) is 9.90 Å². The average Bonchev–Trinajstić information content (AvgIpc) is 2.01. The molecule has 1 aromatic rings. The summed E-state index contributed by atoms with van der Waals surface area (Å²) in [4.78, 5) is 11.2. The molecule has 0 heterocycles. The number of rotatable bonds is 2. The molecule has 0 radical (unpaired) electrons. The second-order valence-corrected chi connectivity index (χ2v) is 3.23. The molecule has 0 aromatic heterocycles. The van der Waals surface area contributed by atoms with Crippen LogP contribution in [0, 0.1) is 6.92 Å². The molecule has 1 N–H and O–H groups in total. The number of carbonyl (C=O) groups excluding carboxylic acids is 1. The van der Waals surface area contributed by atoms with Crippen molar-refractivity contribution in [1.29, 1.82) is 0 Å². The van der Waals surface area contributed by atoms with Gasteiger partial charge in [0.15, 0.2) is 5.78 Å². The number of benzene rings is 1. The summed E-state index contributed by atoms with van der Waals surface area (Å²) in [7, 11) is 0. The van der Waals surface area contributed by atoms with Crippen LogP contribution in [0.15, 0.2) is 12.1 Å². The Morgan fingerprint density at radius 2 is 2.08 bits per heavy atom. The van der Waals surface area contributed by atoms with Crippen molar-refractivity contribution in [3.8, 4) is 5.75 Å². The first-order valence-corrected chi connectivity index (χ1v) is 4.39. The number of Topliss-reactive ketones (excluding diaryl/α,β-unsaturated/α-hetero) is 1. The summed E-state index contributed by atoms with van der Waals surface area (Å²) < 4.78 is 0. The van der Waals surface area contributed by atoms with Crippen LogP contribution in [0.5, 0.6) is 5.75 Å². The number of aryl methyl sites for hydroxylation is 2. The minimum Gasteiger partial charge on any atom is -0.507 e. The van der Waals surface area contributed by atoms with Crippen molar-refractivity contribution in [2.45, 2.75) is 27.2 Å². The minimum atomic E-state index is -0.0747. The van der Waals surface area contributed by atoms with Crippen molar-refractivity contribution < 1.29 is 9.90 Å². The first-order chi connectivity index (χ1) is 6.06. The Morgan fingerprint density at radius 1 is 1.46 bits per heavy atom. The maximum Gasteiger partial charge on any atom is 0.163 e. The summed E-state index contributed by atoms with van der Waals surface area (Å²) in [5.41, 5.74) is 2.37. The zero-order chi connectivity index (χ0) is 10.0. The van der Waals surface area contributed by atoms with E-state index < -0.39 is 0 Å². The lowest BCUT2D eigenvalue weighted by molar-refractivity contribution is 0.101. The third-order valence-electron chi connectivity index (χ3n) is 2.08. The van der Waals surface area contributed by atoms with E-state index in [4.69, 9.17) is 0 Å². The van der Waals surface area contributed by atoms with Gasteiger partial charge in [-0.3, -0.25) is 4.79 Å². The van der Waals surface area contributed by atoms with Gasteiger partial charge < -0.3 is 5.11 Å². The lowest BCUT2D eigenvalue weighted by Crippen LogP contribution is -1.99. The van der Waals surface area contributed by atoms with Gasteiger partial charge >= 0.3 is 0 Å². The fourth-order valence-corrected chi connectivity index (χ4v) is 1.53. The SMILES string of the molecule is CCc1cc(C)cc(O)c1C(C)=O. The van der Waals surface area contributed by atoms with Crippen LogP contribution in [0.4, 0.5) is 0 Å². The molecule has 2 nitrogen and oxygen atoms in total. The molecule has 1 aromatic carbocycles. The molecular formula is C11H14O2. The zero-order valence-corrected chi connectivity index (χ0v) is 8.22. The van der Waals surface area contributed by atoms with Gasteiger partial charge in [-0.2, -0.15) is 0 Å². The van der Waals surface area contributed by atoms with Gasteiger partial charge in [0.1, 0.15) is 5.75 Å². The van der Waals surface area contributed by atoms with E-state index in [1.165, 1.54) is 6.92 Å². The van der Waals surface area contributed by atoms with E-state index in [2.05, 4.69) is 0 Å². The van der Waals surface area contributed by atoms with Gasteiger partial charge in [0.25, 0.3) is 0 Å². The molecule has 0 atom stereocenters. The third kappa shape index (κ3) is 1.89. The predicted molar refractivity (Wildman–Crippen MR) is 52.2 cm³/mol. The molecule has 0 aliphatic carbocycles. The summed E-state index contributed by atoms with van der Waals surface area (Å²) in [5, 5.41) is 9.55. The average molecular weight is 178 g/mol. The van der Waals surface area contributed by atoms with Crippen LogP contribution in [0.25, 0.3) is 0 Å². The van der Waals surface area contributed by atoms with Crippen molar-refractivity contribution in [3.63, 3.8) is 0 Å². The number of aromatic hydroxyl groups is 1. The van der Waals surface area contributed by atoms with E-state index >= 15 is 0 Å². The van der Waals surface area contributed by atoms with Gasteiger partial charge in [0.2, 0.25) is 0 Å². The van der Waals surface area contributed by atoms with Crippen LogP contribution >= 0.6 is 0 Å². The highest BCUT2D eigenvalue weighted by Crippen LogP contribution is 2.24. The molecule has 70 valence electrons. The third-order valence-corrected chi connectivity index (χ3v) is 2.08. The van der Waals surface area contributed by atoms with Gasteiger partial charge in [-0.1, -0.05) is 13.0 Å². The fourth-order valence-electron chi connectivity index (χ4n) is 1.53. The van der Waals surface area contributed by atoms with Crippen molar-refractivity contribution in [3.05, 3.63) is 28.8 Å². The molecule has 0 saturated heterocycles. The molecular weight excluding hydrogens is 164 g/mol. The van der Waals surface area contributed by atoms with E-state index in [1.54, 1.807) is 6.07 Å².